The number of fused-ring (bicyclic) bond motifs is 5. The molecule has 4 rings (SSSR count). The molecule has 0 aromatic carbocycles. The molecule has 2 nitrogen and oxygen atoms in total. The van der Waals surface area contributed by atoms with E-state index in [4.69, 9.17) is 11.1 Å². The van der Waals surface area contributed by atoms with Crippen molar-refractivity contribution in [1.29, 1.82) is 5.41 Å². The summed E-state index contributed by atoms with van der Waals surface area (Å²) in [5.41, 5.74) is 8.43. The average Bonchev–Trinajstić information content (AvgIpc) is 3.05. The summed E-state index contributed by atoms with van der Waals surface area (Å²) in [6, 6.07) is 0. The Bertz CT molecular complexity index is 699. The normalized spacial score (nSPS) is 43.0. The second-order valence-electron chi connectivity index (χ2n) is 12.6. The van der Waals surface area contributed by atoms with Crippen LogP contribution in [0.2, 0.25) is 0 Å². The van der Waals surface area contributed by atoms with Crippen molar-refractivity contribution < 1.29 is 0 Å². The SMILES string of the molecule is CC(C)CCC[C@@H](C)[C@H]1CCC2[C@@H]3CC=C4C[C@@H](SC(=N)N)CC[C@]4(C)[C@H]3CC[C@@]21C. The Hall–Kier alpha value is -0.440. The quantitative estimate of drug-likeness (QED) is 0.247. The zero-order valence-corrected chi connectivity index (χ0v) is 21.7. The lowest BCUT2D eigenvalue weighted by Gasteiger charge is -2.58. The molecule has 0 aromatic heterocycles. The van der Waals surface area contributed by atoms with Gasteiger partial charge in [0.05, 0.1) is 0 Å². The molecule has 0 radical (unpaired) electrons. The second kappa shape index (κ2) is 9.07. The number of thioether (sulfide) groups is 1. The summed E-state index contributed by atoms with van der Waals surface area (Å²) < 4.78 is 0. The lowest BCUT2D eigenvalue weighted by molar-refractivity contribution is -0.0497. The average molecular weight is 445 g/mol. The van der Waals surface area contributed by atoms with Crippen LogP contribution in [0.5, 0.6) is 0 Å². The molecule has 0 heterocycles. The summed E-state index contributed by atoms with van der Waals surface area (Å²) in [6.07, 6.45) is 17.8. The van der Waals surface area contributed by atoms with Gasteiger partial charge in [-0.1, -0.05) is 77.3 Å². The minimum Gasteiger partial charge on any atom is -0.379 e. The molecule has 0 aliphatic heterocycles. The van der Waals surface area contributed by atoms with Gasteiger partial charge in [-0.2, -0.15) is 0 Å². The van der Waals surface area contributed by atoms with E-state index in [2.05, 4.69) is 40.7 Å². The van der Waals surface area contributed by atoms with Crippen molar-refractivity contribution in [3.8, 4) is 0 Å². The number of nitrogens with two attached hydrogens (primary N) is 1. The van der Waals surface area contributed by atoms with Crippen molar-refractivity contribution in [2.45, 2.75) is 110 Å². The van der Waals surface area contributed by atoms with Gasteiger partial charge < -0.3 is 5.73 Å². The molecule has 3 saturated carbocycles. The molecule has 0 amide bonds. The Morgan fingerprint density at radius 2 is 1.87 bits per heavy atom. The molecule has 3 heteroatoms. The molecule has 176 valence electrons. The molecule has 1 unspecified atom stereocenters. The molecule has 0 bridgehead atoms. The van der Waals surface area contributed by atoms with E-state index >= 15 is 0 Å². The van der Waals surface area contributed by atoms with E-state index in [0.717, 1.165) is 35.5 Å². The topological polar surface area (TPSA) is 49.9 Å². The summed E-state index contributed by atoms with van der Waals surface area (Å²) in [6.45, 7) is 12.6. The Kier molecular flexibility index (Phi) is 6.94. The molecule has 0 spiro atoms. The highest BCUT2D eigenvalue weighted by Gasteiger charge is 2.59. The molecule has 31 heavy (non-hydrogen) atoms. The predicted octanol–water partition coefficient (Wildman–Crippen LogP) is 8.02. The van der Waals surface area contributed by atoms with Crippen LogP contribution in [-0.4, -0.2) is 10.4 Å². The number of rotatable bonds is 6. The smallest absolute Gasteiger partial charge is 0.151 e. The molecule has 0 saturated heterocycles. The molecular formula is C28H48N2S. The number of amidine groups is 1. The van der Waals surface area contributed by atoms with E-state index < -0.39 is 0 Å². The zero-order chi connectivity index (χ0) is 22.4. The number of nitrogens with one attached hydrogen (secondary N) is 1. The minimum absolute atomic E-state index is 0.302. The fraction of sp³-hybridized carbons (Fsp3) is 0.893. The first-order chi connectivity index (χ1) is 14.6. The maximum atomic E-state index is 7.70. The Morgan fingerprint density at radius 1 is 1.10 bits per heavy atom. The molecule has 3 N–H and O–H groups in total. The van der Waals surface area contributed by atoms with Gasteiger partial charge in [0.15, 0.2) is 5.17 Å². The van der Waals surface area contributed by atoms with Crippen molar-refractivity contribution in [3.05, 3.63) is 11.6 Å². The fourth-order valence-electron chi connectivity index (χ4n) is 8.93. The van der Waals surface area contributed by atoms with Crippen LogP contribution in [0.4, 0.5) is 0 Å². The highest BCUT2D eigenvalue weighted by molar-refractivity contribution is 8.14. The largest absolute Gasteiger partial charge is 0.379 e. The van der Waals surface area contributed by atoms with Crippen molar-refractivity contribution in [3.63, 3.8) is 0 Å². The lowest BCUT2D eigenvalue weighted by atomic mass is 9.47. The standard InChI is InChI=1S/C28H48N2S/c1-18(2)7-6-8-19(3)23-11-12-24-22-10-9-20-17-21(31-26(29)30)13-15-27(20,4)25(22)14-16-28(23,24)5/h9,18-19,21-25H,6-8,10-17H2,1-5H3,(H3,29,30)/t19-,21+,22+,23-,24?,25+,27+,28-/m1/s1. The number of allylic oxidation sites excluding steroid dienone is 2. The molecule has 3 fully saturated rings. The van der Waals surface area contributed by atoms with Crippen LogP contribution in [0.25, 0.3) is 0 Å². The summed E-state index contributed by atoms with van der Waals surface area (Å²) >= 11 is 1.61. The van der Waals surface area contributed by atoms with Gasteiger partial charge in [-0.3, -0.25) is 5.41 Å². The molecule has 4 aliphatic rings. The third kappa shape index (κ3) is 4.38. The van der Waals surface area contributed by atoms with Gasteiger partial charge in [-0.25, -0.2) is 0 Å². The summed E-state index contributed by atoms with van der Waals surface area (Å²) in [7, 11) is 0. The minimum atomic E-state index is 0.302. The van der Waals surface area contributed by atoms with Crippen LogP contribution >= 0.6 is 11.8 Å². The summed E-state index contributed by atoms with van der Waals surface area (Å²) in [4.78, 5) is 0. The van der Waals surface area contributed by atoms with Gasteiger partial charge in [-0.05, 0) is 97.7 Å². The first kappa shape index (κ1) is 23.7. The highest BCUT2D eigenvalue weighted by Crippen LogP contribution is 2.67. The van der Waals surface area contributed by atoms with Crippen molar-refractivity contribution >= 4 is 16.9 Å². The Morgan fingerprint density at radius 3 is 2.58 bits per heavy atom. The van der Waals surface area contributed by atoms with Gasteiger partial charge >= 0.3 is 0 Å². The number of hydrogen-bond donors (Lipinski definition) is 2. The summed E-state index contributed by atoms with van der Waals surface area (Å²) in [5.74, 6) is 5.45. The molecule has 8 atom stereocenters. The zero-order valence-electron chi connectivity index (χ0n) is 20.9. The van der Waals surface area contributed by atoms with E-state index in [0.29, 0.717) is 21.2 Å². The Labute approximate surface area is 196 Å². The fourth-order valence-corrected chi connectivity index (χ4v) is 9.79. The van der Waals surface area contributed by atoms with E-state index in [1.165, 1.54) is 70.6 Å². The van der Waals surface area contributed by atoms with E-state index in [1.807, 2.05) is 0 Å². The van der Waals surface area contributed by atoms with Crippen LogP contribution in [0.1, 0.15) is 105 Å². The van der Waals surface area contributed by atoms with Crippen LogP contribution < -0.4 is 5.73 Å². The van der Waals surface area contributed by atoms with Crippen molar-refractivity contribution in [1.82, 2.24) is 0 Å². The molecule has 4 aliphatic carbocycles. The molecule has 0 aromatic rings. The van der Waals surface area contributed by atoms with Crippen LogP contribution in [0.15, 0.2) is 11.6 Å². The van der Waals surface area contributed by atoms with Gasteiger partial charge in [0.2, 0.25) is 0 Å². The van der Waals surface area contributed by atoms with E-state index in [9.17, 15) is 0 Å². The van der Waals surface area contributed by atoms with Gasteiger partial charge in [0.25, 0.3) is 0 Å². The second-order valence-corrected chi connectivity index (χ2v) is 14.0. The Balaban J connectivity index is 1.47. The third-order valence-electron chi connectivity index (χ3n) is 10.6. The maximum Gasteiger partial charge on any atom is 0.151 e. The third-order valence-corrected chi connectivity index (χ3v) is 11.5. The first-order valence-corrected chi connectivity index (χ1v) is 14.2. The van der Waals surface area contributed by atoms with Crippen molar-refractivity contribution in [2.75, 3.05) is 0 Å². The van der Waals surface area contributed by atoms with Gasteiger partial charge in [-0.15, -0.1) is 0 Å². The van der Waals surface area contributed by atoms with E-state index in [1.54, 1.807) is 17.3 Å². The predicted molar refractivity (Wildman–Crippen MR) is 136 cm³/mol. The van der Waals surface area contributed by atoms with Crippen molar-refractivity contribution in [2.24, 2.45) is 52.1 Å². The van der Waals surface area contributed by atoms with Crippen LogP contribution in [-0.2, 0) is 0 Å². The van der Waals surface area contributed by atoms with Crippen LogP contribution in [0.3, 0.4) is 0 Å². The van der Waals surface area contributed by atoms with Gasteiger partial charge in [0.1, 0.15) is 0 Å². The lowest BCUT2D eigenvalue weighted by Crippen LogP contribution is -2.50. The first-order valence-electron chi connectivity index (χ1n) is 13.4. The maximum absolute atomic E-state index is 7.70. The molecular weight excluding hydrogens is 396 g/mol. The number of hydrogen-bond acceptors (Lipinski definition) is 2. The monoisotopic (exact) mass is 444 g/mol. The van der Waals surface area contributed by atoms with Gasteiger partial charge in [0, 0.05) is 5.25 Å². The highest BCUT2D eigenvalue weighted by atomic mass is 32.2. The van der Waals surface area contributed by atoms with Crippen LogP contribution in [0, 0.1) is 51.7 Å². The summed E-state index contributed by atoms with van der Waals surface area (Å²) in [5, 5.41) is 8.53. The van der Waals surface area contributed by atoms with E-state index in [-0.39, 0.29) is 0 Å².